The van der Waals surface area contributed by atoms with E-state index >= 15 is 0 Å². The van der Waals surface area contributed by atoms with Gasteiger partial charge >= 0.3 is 6.36 Å². The van der Waals surface area contributed by atoms with Gasteiger partial charge in [-0.2, -0.15) is 5.26 Å². The number of nitriles is 1. The first-order valence-corrected chi connectivity index (χ1v) is 5.32. The number of benzene rings is 1. The minimum absolute atomic E-state index is 0.0862. The average Bonchev–Trinajstić information content (AvgIpc) is 2.40. The fourth-order valence-electron chi connectivity index (χ4n) is 1.39. The monoisotopic (exact) mass is 280 g/mol. The number of aromatic nitrogens is 2. The van der Waals surface area contributed by atoms with Crippen LogP contribution in [0.5, 0.6) is 5.75 Å². The average molecular weight is 280 g/mol. The zero-order valence-electron chi connectivity index (χ0n) is 9.85. The molecule has 1 heterocycles. The topological polar surface area (TPSA) is 70.8 Å². The van der Waals surface area contributed by atoms with Crippen molar-refractivity contribution in [1.29, 1.82) is 5.26 Å². The van der Waals surface area contributed by atoms with Crippen LogP contribution in [0.15, 0.2) is 36.7 Å². The molecule has 0 fully saturated rings. The van der Waals surface area contributed by atoms with Gasteiger partial charge in [0.2, 0.25) is 0 Å². The molecule has 0 unspecified atom stereocenters. The molecule has 0 amide bonds. The summed E-state index contributed by atoms with van der Waals surface area (Å²) in [5.74, 6) is -0.109. The van der Waals surface area contributed by atoms with Crippen LogP contribution in [0.2, 0.25) is 0 Å². The number of anilines is 2. The predicted octanol–water partition coefficient (Wildman–Crippen LogP) is 2.99. The molecule has 0 radical (unpaired) electrons. The molecule has 1 N–H and O–H groups in total. The van der Waals surface area contributed by atoms with Gasteiger partial charge in [0.05, 0.1) is 0 Å². The molecule has 0 bridgehead atoms. The molecule has 2 rings (SSSR count). The fraction of sp³-hybridized carbons (Fsp3) is 0.0833. The van der Waals surface area contributed by atoms with E-state index in [9.17, 15) is 13.2 Å². The smallest absolute Gasteiger partial charge is 0.406 e. The number of rotatable bonds is 3. The molecule has 20 heavy (non-hydrogen) atoms. The van der Waals surface area contributed by atoms with E-state index in [1.807, 2.05) is 6.07 Å². The first-order valence-electron chi connectivity index (χ1n) is 5.32. The van der Waals surface area contributed by atoms with E-state index in [1.165, 1.54) is 24.5 Å². The van der Waals surface area contributed by atoms with Crippen molar-refractivity contribution in [2.75, 3.05) is 5.32 Å². The largest absolute Gasteiger partial charge is 0.573 e. The predicted molar refractivity (Wildman–Crippen MR) is 63.2 cm³/mol. The summed E-state index contributed by atoms with van der Waals surface area (Å²) in [5, 5.41) is 11.6. The lowest BCUT2D eigenvalue weighted by atomic mass is 10.3. The van der Waals surface area contributed by atoms with Crippen LogP contribution in [0.1, 0.15) is 5.69 Å². The number of halogens is 3. The van der Waals surface area contributed by atoms with Gasteiger partial charge in [-0.15, -0.1) is 13.2 Å². The van der Waals surface area contributed by atoms with Crippen LogP contribution in [0, 0.1) is 11.3 Å². The summed E-state index contributed by atoms with van der Waals surface area (Å²) in [6.07, 6.45) is -1.97. The highest BCUT2D eigenvalue weighted by Crippen LogP contribution is 2.25. The fourth-order valence-corrected chi connectivity index (χ4v) is 1.39. The van der Waals surface area contributed by atoms with Crippen LogP contribution in [-0.2, 0) is 0 Å². The molecule has 0 aliphatic rings. The minimum Gasteiger partial charge on any atom is -0.406 e. The third-order valence-corrected chi connectivity index (χ3v) is 2.15. The first-order chi connectivity index (χ1) is 9.48. The van der Waals surface area contributed by atoms with Gasteiger partial charge in [0.15, 0.2) is 11.5 Å². The normalized spacial score (nSPS) is 10.7. The maximum Gasteiger partial charge on any atom is 0.573 e. The van der Waals surface area contributed by atoms with Crippen molar-refractivity contribution < 1.29 is 17.9 Å². The number of ether oxygens (including phenoxy) is 1. The summed E-state index contributed by atoms with van der Waals surface area (Å²) < 4.78 is 39.7. The Labute approximate surface area is 111 Å². The van der Waals surface area contributed by atoms with E-state index < -0.39 is 6.36 Å². The molecule has 0 aliphatic carbocycles. The number of alkyl halides is 3. The summed E-state index contributed by atoms with van der Waals surface area (Å²) in [6.45, 7) is 0. The molecular weight excluding hydrogens is 273 g/mol. The Morgan fingerprint density at radius 2 is 1.75 bits per heavy atom. The van der Waals surface area contributed by atoms with Gasteiger partial charge in [0, 0.05) is 18.1 Å². The highest BCUT2D eigenvalue weighted by Gasteiger charge is 2.30. The van der Waals surface area contributed by atoms with E-state index in [0.29, 0.717) is 5.69 Å². The Morgan fingerprint density at radius 1 is 1.10 bits per heavy atom. The summed E-state index contributed by atoms with van der Waals surface area (Å²) >= 11 is 0. The van der Waals surface area contributed by atoms with Crippen LogP contribution in [0.25, 0.3) is 0 Å². The highest BCUT2D eigenvalue weighted by molar-refractivity contribution is 5.61. The summed E-state index contributed by atoms with van der Waals surface area (Å²) in [4.78, 5) is 7.72. The number of nitrogens with one attached hydrogen (secondary N) is 1. The minimum atomic E-state index is -4.73. The maximum absolute atomic E-state index is 12.0. The third-order valence-electron chi connectivity index (χ3n) is 2.15. The van der Waals surface area contributed by atoms with Gasteiger partial charge < -0.3 is 10.1 Å². The zero-order valence-corrected chi connectivity index (χ0v) is 9.85. The molecule has 0 atom stereocenters. The van der Waals surface area contributed by atoms with E-state index in [1.54, 1.807) is 0 Å². The Bertz CT molecular complexity index is 634. The van der Waals surface area contributed by atoms with Crippen molar-refractivity contribution in [3.05, 3.63) is 42.4 Å². The van der Waals surface area contributed by atoms with Crippen LogP contribution in [0.4, 0.5) is 24.7 Å². The van der Waals surface area contributed by atoms with Gasteiger partial charge in [-0.05, 0) is 24.3 Å². The van der Waals surface area contributed by atoms with Crippen molar-refractivity contribution in [2.45, 2.75) is 6.36 Å². The molecule has 8 heteroatoms. The maximum atomic E-state index is 12.0. The number of nitrogens with zero attached hydrogens (tertiary/aromatic N) is 3. The number of hydrogen-bond donors (Lipinski definition) is 1. The SMILES string of the molecule is N#Cc1nccnc1Nc1ccc(OC(F)(F)F)cc1. The number of hydrogen-bond acceptors (Lipinski definition) is 5. The first kappa shape index (κ1) is 13.6. The van der Waals surface area contributed by atoms with Crippen LogP contribution >= 0.6 is 0 Å². The second kappa shape index (κ2) is 5.44. The Balaban J connectivity index is 2.13. The van der Waals surface area contributed by atoms with Gasteiger partial charge in [0.1, 0.15) is 11.8 Å². The van der Waals surface area contributed by atoms with Gasteiger partial charge in [0.25, 0.3) is 0 Å². The third kappa shape index (κ3) is 3.58. The van der Waals surface area contributed by atoms with Crippen molar-refractivity contribution >= 4 is 11.5 Å². The van der Waals surface area contributed by atoms with Crippen molar-refractivity contribution in [1.82, 2.24) is 9.97 Å². The second-order valence-electron chi connectivity index (χ2n) is 3.56. The summed E-state index contributed by atoms with van der Waals surface area (Å²) in [5.41, 5.74) is 0.541. The van der Waals surface area contributed by atoms with Gasteiger partial charge in [-0.1, -0.05) is 0 Å². The lowest BCUT2D eigenvalue weighted by Gasteiger charge is -2.10. The lowest BCUT2D eigenvalue weighted by Crippen LogP contribution is -2.17. The Kier molecular flexibility index (Phi) is 3.70. The van der Waals surface area contributed by atoms with E-state index in [0.717, 1.165) is 12.1 Å². The summed E-state index contributed by atoms with van der Waals surface area (Å²) in [7, 11) is 0. The Hall–Kier alpha value is -2.82. The van der Waals surface area contributed by atoms with Crippen molar-refractivity contribution in [3.63, 3.8) is 0 Å². The molecule has 5 nitrogen and oxygen atoms in total. The van der Waals surface area contributed by atoms with Crippen molar-refractivity contribution in [2.24, 2.45) is 0 Å². The molecule has 0 saturated heterocycles. The molecular formula is C12H7F3N4O. The molecule has 102 valence electrons. The lowest BCUT2D eigenvalue weighted by molar-refractivity contribution is -0.274. The second-order valence-corrected chi connectivity index (χ2v) is 3.56. The van der Waals surface area contributed by atoms with Crippen LogP contribution < -0.4 is 10.1 Å². The zero-order chi connectivity index (χ0) is 14.6. The van der Waals surface area contributed by atoms with Gasteiger partial charge in [-0.25, -0.2) is 9.97 Å². The summed E-state index contributed by atoms with van der Waals surface area (Å²) in [6, 6.07) is 6.89. The van der Waals surface area contributed by atoms with Crippen LogP contribution in [-0.4, -0.2) is 16.3 Å². The molecule has 0 aliphatic heterocycles. The van der Waals surface area contributed by atoms with E-state index in [-0.39, 0.29) is 17.3 Å². The van der Waals surface area contributed by atoms with E-state index in [4.69, 9.17) is 5.26 Å². The molecule has 1 aromatic carbocycles. The molecule has 2 aromatic rings. The van der Waals surface area contributed by atoms with E-state index in [2.05, 4.69) is 20.0 Å². The molecule has 0 spiro atoms. The quantitative estimate of drug-likeness (QED) is 0.935. The van der Waals surface area contributed by atoms with Crippen molar-refractivity contribution in [3.8, 4) is 11.8 Å². The molecule has 0 saturated carbocycles. The molecule has 1 aromatic heterocycles. The standard InChI is InChI=1S/C12H7F3N4O/c13-12(14,15)20-9-3-1-8(2-4-9)19-11-10(7-16)17-5-6-18-11/h1-6H,(H,18,19). The van der Waals surface area contributed by atoms with Crippen LogP contribution in [0.3, 0.4) is 0 Å². The van der Waals surface area contributed by atoms with Gasteiger partial charge in [-0.3, -0.25) is 0 Å². The Morgan fingerprint density at radius 3 is 2.35 bits per heavy atom. The highest BCUT2D eigenvalue weighted by atomic mass is 19.4.